The Morgan fingerprint density at radius 3 is 1.50 bits per heavy atom. The van der Waals surface area contributed by atoms with Crippen LogP contribution in [-0.2, 0) is 19.1 Å². The number of nitrogens with two attached hydrogens (primary N) is 2. The smallest absolute Gasteiger partial charge is 0.277 e. The SMILES string of the molecule is COC[C@@H]1COc2ccc(C#C[C@]3(O)CCN(C)C3=O)cc2-c2nc(C(N)=O)sc21.COC[C@H]1COc2ccc(C#C[C@]3(O)CCN(C)C3=O)cc2-c2nc(C(N)=O)sc21. The van der Waals surface area contributed by atoms with E-state index in [1.54, 1.807) is 64.7 Å². The van der Waals surface area contributed by atoms with Crippen LogP contribution in [-0.4, -0.2) is 133 Å². The summed E-state index contributed by atoms with van der Waals surface area (Å²) in [4.78, 5) is 61.3. The number of ether oxygens (including phenoxy) is 4. The van der Waals surface area contributed by atoms with E-state index in [9.17, 15) is 29.4 Å². The van der Waals surface area contributed by atoms with E-state index in [1.807, 2.05) is 0 Å². The van der Waals surface area contributed by atoms with Gasteiger partial charge in [0.1, 0.15) is 11.5 Å². The predicted octanol–water partition coefficient (Wildman–Crippen LogP) is 1.95. The highest BCUT2D eigenvalue weighted by Gasteiger charge is 2.43. The number of benzene rings is 2. The molecule has 0 bridgehead atoms. The number of hydrogen-bond donors (Lipinski definition) is 4. The standard InChI is InChI=1S/2C21H21N3O5S/c2*1-24-8-7-21(27,20(24)26)6-5-12-3-4-15-14(9-12)16-17(13(10-28-2)11-29-15)30-19(23-16)18(22)25/h2*3-4,9,13,27H,7-8,10-11H2,1-2H3,(H2,22,25)/t13-,21+;13-,21-/m10/s1. The molecule has 4 aliphatic rings. The highest BCUT2D eigenvalue weighted by Crippen LogP contribution is 2.44. The average Bonchev–Trinajstić information content (AvgIpc) is 3.96. The van der Waals surface area contributed by atoms with Crippen LogP contribution in [0, 0.1) is 23.7 Å². The van der Waals surface area contributed by atoms with Gasteiger partial charge in [-0.3, -0.25) is 19.2 Å². The maximum absolute atomic E-state index is 12.1. The number of thiazole rings is 2. The van der Waals surface area contributed by atoms with Crippen molar-refractivity contribution in [3.05, 3.63) is 67.3 Å². The van der Waals surface area contributed by atoms with Crippen molar-refractivity contribution in [3.63, 3.8) is 0 Å². The summed E-state index contributed by atoms with van der Waals surface area (Å²) in [7, 11) is 6.48. The molecule has 4 atom stereocenters. The molecule has 0 radical (unpaired) electrons. The summed E-state index contributed by atoms with van der Waals surface area (Å²) < 4.78 is 22.5. The molecule has 6 N–H and O–H groups in total. The molecular weight excluding hydrogens is 813 g/mol. The third kappa shape index (κ3) is 8.30. The normalized spacial score (nSPS) is 22.4. The lowest BCUT2D eigenvalue weighted by atomic mass is 10.0. The number of carbonyl (C=O) groups excluding carboxylic acids is 4. The zero-order valence-corrected chi connectivity index (χ0v) is 34.8. The first kappa shape index (κ1) is 42.3. The Balaban J connectivity index is 0.000000181. The molecule has 2 aromatic heterocycles. The fourth-order valence-corrected chi connectivity index (χ4v) is 9.13. The zero-order chi connectivity index (χ0) is 42.9. The second kappa shape index (κ2) is 17.0. The summed E-state index contributed by atoms with van der Waals surface area (Å²) in [6, 6.07) is 10.6. The quantitative estimate of drug-likeness (QED) is 0.204. The minimum atomic E-state index is -1.67. The Kier molecular flexibility index (Phi) is 12.0. The lowest BCUT2D eigenvalue weighted by molar-refractivity contribution is -0.138. The zero-order valence-electron chi connectivity index (χ0n) is 33.2. The Labute approximate surface area is 353 Å². The fourth-order valence-electron chi connectivity index (χ4n) is 7.12. The average molecular weight is 855 g/mol. The molecule has 312 valence electrons. The van der Waals surface area contributed by atoms with Crippen molar-refractivity contribution in [2.24, 2.45) is 11.5 Å². The molecule has 2 saturated heterocycles. The minimum Gasteiger partial charge on any atom is -0.492 e. The van der Waals surface area contributed by atoms with Gasteiger partial charge in [-0.1, -0.05) is 23.7 Å². The van der Waals surface area contributed by atoms with E-state index < -0.39 is 34.8 Å². The molecule has 0 unspecified atom stereocenters. The van der Waals surface area contributed by atoms with Gasteiger partial charge < -0.3 is 50.4 Å². The highest BCUT2D eigenvalue weighted by molar-refractivity contribution is 7.14. The molecule has 0 aliphatic carbocycles. The molecule has 60 heavy (non-hydrogen) atoms. The van der Waals surface area contributed by atoms with Crippen LogP contribution in [0.2, 0.25) is 0 Å². The summed E-state index contributed by atoms with van der Waals surface area (Å²) in [5, 5.41) is 21.5. The third-order valence-corrected chi connectivity index (χ3v) is 12.9. The van der Waals surface area contributed by atoms with Gasteiger partial charge >= 0.3 is 0 Å². The van der Waals surface area contributed by atoms with Gasteiger partial charge in [-0.05, 0) is 36.4 Å². The van der Waals surface area contributed by atoms with Crippen LogP contribution in [0.5, 0.6) is 11.5 Å². The summed E-state index contributed by atoms with van der Waals surface area (Å²) in [6.45, 7) is 2.50. The number of aromatic nitrogens is 2. The topological polar surface area (TPSA) is 230 Å². The summed E-state index contributed by atoms with van der Waals surface area (Å²) in [5.74, 6) is 10.3. The van der Waals surface area contributed by atoms with E-state index in [0.717, 1.165) is 9.75 Å². The van der Waals surface area contributed by atoms with Crippen molar-refractivity contribution >= 4 is 46.3 Å². The predicted molar refractivity (Wildman–Crippen MR) is 221 cm³/mol. The highest BCUT2D eigenvalue weighted by atomic mass is 32.1. The van der Waals surface area contributed by atoms with Crippen LogP contribution in [0.1, 0.15) is 65.2 Å². The van der Waals surface area contributed by atoms with Crippen molar-refractivity contribution in [1.82, 2.24) is 19.8 Å². The number of amides is 4. The summed E-state index contributed by atoms with van der Waals surface area (Å²) in [5.41, 5.74) is 11.3. The summed E-state index contributed by atoms with van der Waals surface area (Å²) >= 11 is 2.47. The van der Waals surface area contributed by atoms with Crippen LogP contribution in [0.3, 0.4) is 0 Å². The van der Waals surface area contributed by atoms with Gasteiger partial charge in [0.2, 0.25) is 11.2 Å². The van der Waals surface area contributed by atoms with Crippen molar-refractivity contribution in [3.8, 4) is 57.7 Å². The number of aliphatic hydroxyl groups is 2. The van der Waals surface area contributed by atoms with Crippen molar-refractivity contribution in [2.75, 3.05) is 67.8 Å². The minimum absolute atomic E-state index is 0.0927. The first-order valence-electron chi connectivity index (χ1n) is 18.8. The van der Waals surface area contributed by atoms with Crippen molar-refractivity contribution in [1.29, 1.82) is 0 Å². The van der Waals surface area contributed by atoms with E-state index in [4.69, 9.17) is 30.4 Å². The molecule has 2 fully saturated rings. The van der Waals surface area contributed by atoms with E-state index in [2.05, 4.69) is 33.6 Å². The van der Waals surface area contributed by atoms with Gasteiger partial charge in [-0.2, -0.15) is 0 Å². The van der Waals surface area contributed by atoms with Gasteiger partial charge in [0.05, 0.1) is 49.7 Å². The molecule has 0 saturated carbocycles. The van der Waals surface area contributed by atoms with Crippen LogP contribution in [0.25, 0.3) is 22.5 Å². The van der Waals surface area contributed by atoms with Gasteiger partial charge in [0.25, 0.3) is 23.6 Å². The number of nitrogens with zero attached hydrogens (tertiary/aromatic N) is 4. The molecule has 0 spiro atoms. The lowest BCUT2D eigenvalue weighted by Gasteiger charge is -2.13. The van der Waals surface area contributed by atoms with Crippen LogP contribution in [0.15, 0.2) is 36.4 Å². The number of primary amides is 2. The molecule has 18 heteroatoms. The number of fused-ring (bicyclic) bond motifs is 6. The second-order valence-corrected chi connectivity index (χ2v) is 16.8. The van der Waals surface area contributed by atoms with E-state index in [-0.39, 0.29) is 34.7 Å². The number of rotatable bonds is 6. The molecule has 4 amide bonds. The third-order valence-electron chi connectivity index (χ3n) is 10.4. The first-order chi connectivity index (χ1) is 28.6. The maximum atomic E-state index is 12.1. The van der Waals surface area contributed by atoms with Gasteiger partial charge in [0.15, 0.2) is 10.0 Å². The Hall–Kier alpha value is -5.86. The molecular formula is C42H42N6O10S2. The van der Waals surface area contributed by atoms with Gasteiger partial charge in [0, 0.05) is 86.3 Å². The Morgan fingerprint density at radius 1 is 0.767 bits per heavy atom. The number of methoxy groups -OCH3 is 2. The number of carbonyl (C=O) groups is 4. The monoisotopic (exact) mass is 854 g/mol. The first-order valence-corrected chi connectivity index (χ1v) is 20.4. The Bertz CT molecular complexity index is 2340. The van der Waals surface area contributed by atoms with Crippen LogP contribution < -0.4 is 20.9 Å². The Morgan fingerprint density at radius 2 is 1.17 bits per heavy atom. The second-order valence-electron chi connectivity index (χ2n) is 14.7. The van der Waals surface area contributed by atoms with Gasteiger partial charge in [-0.15, -0.1) is 22.7 Å². The fraction of sp³-hybridized carbons (Fsp3) is 0.381. The molecule has 6 heterocycles. The molecule has 8 rings (SSSR count). The molecule has 4 aromatic rings. The van der Waals surface area contributed by atoms with E-state index in [0.29, 0.717) is 84.7 Å². The van der Waals surface area contributed by atoms with Crippen LogP contribution in [0.4, 0.5) is 0 Å². The molecule has 2 aromatic carbocycles. The van der Waals surface area contributed by atoms with E-state index in [1.165, 1.54) is 32.5 Å². The number of hydrogen-bond acceptors (Lipinski definition) is 14. The maximum Gasteiger partial charge on any atom is 0.277 e. The lowest BCUT2D eigenvalue weighted by Crippen LogP contribution is -2.37. The van der Waals surface area contributed by atoms with Crippen molar-refractivity contribution in [2.45, 2.75) is 35.9 Å². The molecule has 4 aliphatic heterocycles. The van der Waals surface area contributed by atoms with Crippen LogP contribution >= 0.6 is 22.7 Å². The van der Waals surface area contributed by atoms with Gasteiger partial charge in [-0.25, -0.2) is 9.97 Å². The number of likely N-dealkylation sites (tertiary alicyclic amines) is 2. The number of likely N-dealkylation sites (N-methyl/N-ethyl adjacent to an activating group) is 2. The molecule has 16 nitrogen and oxygen atoms in total. The largest absolute Gasteiger partial charge is 0.492 e. The van der Waals surface area contributed by atoms with E-state index >= 15 is 0 Å². The summed E-state index contributed by atoms with van der Waals surface area (Å²) in [6.07, 6.45) is 0.528. The van der Waals surface area contributed by atoms with Crippen molar-refractivity contribution < 1.29 is 48.3 Å².